The molecule has 0 amide bonds. The standard InChI is InChI=1S/C12H20N4OS/c1-3-17-9-11-14-10(13-2)8-12(15-11)16-4-6-18-7-5-16/h8H,3-7,9H2,1-2H3,(H,13,14,15). The number of rotatable bonds is 5. The Morgan fingerprint density at radius 2 is 2.17 bits per heavy atom. The normalized spacial score (nSPS) is 15.8. The van der Waals surface area contributed by atoms with Gasteiger partial charge in [-0.2, -0.15) is 11.8 Å². The van der Waals surface area contributed by atoms with Crippen molar-refractivity contribution in [1.82, 2.24) is 9.97 Å². The summed E-state index contributed by atoms with van der Waals surface area (Å²) in [4.78, 5) is 11.3. The first-order valence-electron chi connectivity index (χ1n) is 6.29. The average molecular weight is 268 g/mol. The van der Waals surface area contributed by atoms with Gasteiger partial charge in [0.25, 0.3) is 0 Å². The van der Waals surface area contributed by atoms with Crippen LogP contribution in [0.15, 0.2) is 6.07 Å². The van der Waals surface area contributed by atoms with E-state index in [4.69, 9.17) is 4.74 Å². The maximum atomic E-state index is 5.39. The lowest BCUT2D eigenvalue weighted by molar-refractivity contribution is 0.128. The molecule has 6 heteroatoms. The first-order valence-corrected chi connectivity index (χ1v) is 7.45. The number of nitrogens with one attached hydrogen (secondary N) is 1. The molecule has 1 aliphatic rings. The molecule has 1 aromatic rings. The lowest BCUT2D eigenvalue weighted by Gasteiger charge is -2.27. The van der Waals surface area contributed by atoms with Crippen LogP contribution in [0.4, 0.5) is 11.6 Å². The van der Waals surface area contributed by atoms with Crippen LogP contribution < -0.4 is 10.2 Å². The molecular weight excluding hydrogens is 248 g/mol. The van der Waals surface area contributed by atoms with Crippen molar-refractivity contribution < 1.29 is 4.74 Å². The third-order valence-corrected chi connectivity index (χ3v) is 3.73. The summed E-state index contributed by atoms with van der Waals surface area (Å²) in [5, 5.41) is 3.08. The Hall–Kier alpha value is -1.01. The van der Waals surface area contributed by atoms with E-state index in [1.165, 1.54) is 11.5 Å². The van der Waals surface area contributed by atoms with Crippen LogP contribution in [0.25, 0.3) is 0 Å². The van der Waals surface area contributed by atoms with Gasteiger partial charge in [-0.15, -0.1) is 0 Å². The van der Waals surface area contributed by atoms with Gasteiger partial charge in [0.15, 0.2) is 5.82 Å². The zero-order chi connectivity index (χ0) is 12.8. The lowest BCUT2D eigenvalue weighted by atomic mass is 10.4. The number of thioether (sulfide) groups is 1. The molecule has 0 aromatic carbocycles. The van der Waals surface area contributed by atoms with E-state index in [1.807, 2.05) is 31.8 Å². The fraction of sp³-hybridized carbons (Fsp3) is 0.667. The fourth-order valence-electron chi connectivity index (χ4n) is 1.82. The monoisotopic (exact) mass is 268 g/mol. The highest BCUT2D eigenvalue weighted by Gasteiger charge is 2.14. The molecule has 100 valence electrons. The van der Waals surface area contributed by atoms with Gasteiger partial charge < -0.3 is 15.0 Å². The molecule has 2 heterocycles. The second-order valence-electron chi connectivity index (χ2n) is 4.01. The number of anilines is 2. The number of nitrogens with zero attached hydrogens (tertiary/aromatic N) is 3. The van der Waals surface area contributed by atoms with Gasteiger partial charge in [0.05, 0.1) is 0 Å². The smallest absolute Gasteiger partial charge is 0.158 e. The van der Waals surface area contributed by atoms with E-state index in [0.717, 1.165) is 30.5 Å². The lowest BCUT2D eigenvalue weighted by Crippen LogP contribution is -2.33. The summed E-state index contributed by atoms with van der Waals surface area (Å²) in [6.07, 6.45) is 0. The third-order valence-electron chi connectivity index (χ3n) is 2.79. The van der Waals surface area contributed by atoms with Gasteiger partial charge in [-0.05, 0) is 6.92 Å². The van der Waals surface area contributed by atoms with E-state index in [2.05, 4.69) is 20.2 Å². The summed E-state index contributed by atoms with van der Waals surface area (Å²) in [6, 6.07) is 2.01. The van der Waals surface area contributed by atoms with Crippen molar-refractivity contribution in [3.63, 3.8) is 0 Å². The van der Waals surface area contributed by atoms with Crippen molar-refractivity contribution in [2.75, 3.05) is 48.5 Å². The number of aromatic nitrogens is 2. The van der Waals surface area contributed by atoms with E-state index in [9.17, 15) is 0 Å². The zero-order valence-corrected chi connectivity index (χ0v) is 11.8. The Balaban J connectivity index is 2.16. The molecule has 0 saturated carbocycles. The van der Waals surface area contributed by atoms with Gasteiger partial charge in [0, 0.05) is 44.3 Å². The fourth-order valence-corrected chi connectivity index (χ4v) is 2.73. The van der Waals surface area contributed by atoms with Crippen molar-refractivity contribution in [1.29, 1.82) is 0 Å². The Labute approximate surface area is 112 Å². The molecule has 1 fully saturated rings. The van der Waals surface area contributed by atoms with E-state index in [0.29, 0.717) is 13.2 Å². The molecule has 0 aliphatic carbocycles. The summed E-state index contributed by atoms with van der Waals surface area (Å²) in [5.74, 6) is 4.94. The van der Waals surface area contributed by atoms with E-state index < -0.39 is 0 Å². The Kier molecular flexibility index (Phi) is 5.07. The van der Waals surface area contributed by atoms with Gasteiger partial charge in [-0.25, -0.2) is 9.97 Å². The van der Waals surface area contributed by atoms with E-state index >= 15 is 0 Å². The second-order valence-corrected chi connectivity index (χ2v) is 5.24. The second kappa shape index (κ2) is 6.80. The molecular formula is C12H20N4OS. The highest BCUT2D eigenvalue weighted by molar-refractivity contribution is 7.99. The Morgan fingerprint density at radius 3 is 2.83 bits per heavy atom. The minimum Gasteiger partial charge on any atom is -0.374 e. The van der Waals surface area contributed by atoms with Crippen molar-refractivity contribution in [3.8, 4) is 0 Å². The predicted octanol–water partition coefficient (Wildman–Crippen LogP) is 1.61. The molecule has 18 heavy (non-hydrogen) atoms. The quantitative estimate of drug-likeness (QED) is 0.875. The number of ether oxygens (including phenoxy) is 1. The van der Waals surface area contributed by atoms with Crippen LogP contribution in [-0.4, -0.2) is 48.2 Å². The maximum Gasteiger partial charge on any atom is 0.158 e. The SMILES string of the molecule is CCOCc1nc(NC)cc(N2CCSCC2)n1. The Morgan fingerprint density at radius 1 is 1.39 bits per heavy atom. The molecule has 1 N–H and O–H groups in total. The van der Waals surface area contributed by atoms with Crippen molar-refractivity contribution in [2.45, 2.75) is 13.5 Å². The topological polar surface area (TPSA) is 50.3 Å². The Bertz CT molecular complexity index is 382. The minimum atomic E-state index is 0.474. The predicted molar refractivity (Wildman–Crippen MR) is 76.4 cm³/mol. The third kappa shape index (κ3) is 3.49. The molecule has 0 radical (unpaired) electrons. The minimum absolute atomic E-state index is 0.474. The van der Waals surface area contributed by atoms with Crippen LogP contribution in [0.1, 0.15) is 12.7 Å². The molecule has 0 atom stereocenters. The largest absolute Gasteiger partial charge is 0.374 e. The van der Waals surface area contributed by atoms with Crippen LogP contribution in [0.3, 0.4) is 0 Å². The molecule has 1 aromatic heterocycles. The maximum absolute atomic E-state index is 5.39. The molecule has 1 aliphatic heterocycles. The first kappa shape index (κ1) is 13.4. The van der Waals surface area contributed by atoms with Crippen LogP contribution in [0, 0.1) is 0 Å². The van der Waals surface area contributed by atoms with Crippen LogP contribution in [0.5, 0.6) is 0 Å². The molecule has 0 unspecified atom stereocenters. The van der Waals surface area contributed by atoms with Crippen molar-refractivity contribution >= 4 is 23.4 Å². The highest BCUT2D eigenvalue weighted by atomic mass is 32.2. The van der Waals surface area contributed by atoms with E-state index in [-0.39, 0.29) is 0 Å². The van der Waals surface area contributed by atoms with Crippen LogP contribution >= 0.6 is 11.8 Å². The first-order chi connectivity index (χ1) is 8.83. The van der Waals surface area contributed by atoms with Crippen molar-refractivity contribution in [3.05, 3.63) is 11.9 Å². The molecule has 0 spiro atoms. The summed E-state index contributed by atoms with van der Waals surface area (Å²) < 4.78 is 5.39. The van der Waals surface area contributed by atoms with Crippen LogP contribution in [0.2, 0.25) is 0 Å². The van der Waals surface area contributed by atoms with Crippen molar-refractivity contribution in [2.24, 2.45) is 0 Å². The van der Waals surface area contributed by atoms with E-state index in [1.54, 1.807) is 0 Å². The molecule has 5 nitrogen and oxygen atoms in total. The van der Waals surface area contributed by atoms with Gasteiger partial charge >= 0.3 is 0 Å². The summed E-state index contributed by atoms with van der Waals surface area (Å²) in [5.41, 5.74) is 0. The summed E-state index contributed by atoms with van der Waals surface area (Å²) in [7, 11) is 1.88. The summed E-state index contributed by atoms with van der Waals surface area (Å²) in [6.45, 7) is 5.24. The van der Waals surface area contributed by atoms with Gasteiger partial charge in [0.2, 0.25) is 0 Å². The zero-order valence-electron chi connectivity index (χ0n) is 11.0. The van der Waals surface area contributed by atoms with Gasteiger partial charge in [-0.1, -0.05) is 0 Å². The van der Waals surface area contributed by atoms with Crippen LogP contribution in [-0.2, 0) is 11.3 Å². The number of hydrogen-bond donors (Lipinski definition) is 1. The highest BCUT2D eigenvalue weighted by Crippen LogP contribution is 2.20. The molecule has 2 rings (SSSR count). The molecule has 0 bridgehead atoms. The average Bonchev–Trinajstić information content (AvgIpc) is 2.45. The van der Waals surface area contributed by atoms with Gasteiger partial charge in [-0.3, -0.25) is 0 Å². The summed E-state index contributed by atoms with van der Waals surface area (Å²) >= 11 is 2.00. The number of hydrogen-bond acceptors (Lipinski definition) is 6. The van der Waals surface area contributed by atoms with Gasteiger partial charge in [0.1, 0.15) is 18.2 Å². The molecule has 1 saturated heterocycles.